The molecule has 3 aromatic carbocycles. The number of nitrogens with zero attached hydrogens (tertiary/aromatic N) is 1. The highest BCUT2D eigenvalue weighted by Crippen LogP contribution is 2.36. The van der Waals surface area contributed by atoms with Gasteiger partial charge in [-0.15, -0.1) is 0 Å². The maximum Gasteiger partial charge on any atom is 0.255 e. The minimum Gasteiger partial charge on any atom is -0.494 e. The first-order valence-electron chi connectivity index (χ1n) is 10.8. The van der Waals surface area contributed by atoms with Crippen molar-refractivity contribution >= 4 is 23.2 Å². The van der Waals surface area contributed by atoms with Gasteiger partial charge in [-0.3, -0.25) is 14.5 Å². The number of carbonyl (C=O) groups is 2. The molecule has 0 bridgehead atoms. The summed E-state index contributed by atoms with van der Waals surface area (Å²) in [6, 6.07) is 18.3. The van der Waals surface area contributed by atoms with Crippen LogP contribution in [0.4, 0.5) is 15.8 Å². The molecule has 0 spiro atoms. The standard InChI is InChI=1S/C26H28FN3O4/c1-4-30(16-18-9-8-12-20(27)13-18)17-25(31)28-21-14-24(34-3)22(15-23(21)33-2)29-26(32)19-10-6-5-7-11-19/h5-15H,4,16-17H2,1-3H3,(H,28,31)(H,29,32). The maximum absolute atomic E-state index is 13.5. The van der Waals surface area contributed by atoms with Gasteiger partial charge in [0.1, 0.15) is 17.3 Å². The second-order valence-corrected chi connectivity index (χ2v) is 7.55. The maximum atomic E-state index is 13.5. The van der Waals surface area contributed by atoms with Gasteiger partial charge in [0.2, 0.25) is 5.91 Å². The molecule has 2 amide bonds. The van der Waals surface area contributed by atoms with Crippen LogP contribution in [0.3, 0.4) is 0 Å². The van der Waals surface area contributed by atoms with Gasteiger partial charge in [-0.25, -0.2) is 4.39 Å². The van der Waals surface area contributed by atoms with Crippen molar-refractivity contribution in [3.63, 3.8) is 0 Å². The molecular formula is C26H28FN3O4. The molecule has 0 saturated heterocycles. The van der Waals surface area contributed by atoms with Crippen molar-refractivity contribution in [3.05, 3.63) is 83.7 Å². The van der Waals surface area contributed by atoms with E-state index in [1.807, 2.05) is 24.0 Å². The number of benzene rings is 3. The van der Waals surface area contributed by atoms with Gasteiger partial charge < -0.3 is 20.1 Å². The van der Waals surface area contributed by atoms with Crippen LogP contribution in [-0.4, -0.2) is 44.0 Å². The van der Waals surface area contributed by atoms with Crippen LogP contribution in [0, 0.1) is 5.82 Å². The molecule has 178 valence electrons. The average molecular weight is 466 g/mol. The van der Waals surface area contributed by atoms with Crippen molar-refractivity contribution in [2.45, 2.75) is 13.5 Å². The summed E-state index contributed by atoms with van der Waals surface area (Å²) >= 11 is 0. The number of ether oxygens (including phenoxy) is 2. The third-order valence-electron chi connectivity index (χ3n) is 5.19. The van der Waals surface area contributed by atoms with E-state index in [0.29, 0.717) is 41.5 Å². The van der Waals surface area contributed by atoms with Gasteiger partial charge in [0.25, 0.3) is 5.91 Å². The van der Waals surface area contributed by atoms with E-state index in [-0.39, 0.29) is 24.2 Å². The van der Waals surface area contributed by atoms with Crippen molar-refractivity contribution < 1.29 is 23.5 Å². The topological polar surface area (TPSA) is 79.9 Å². The largest absolute Gasteiger partial charge is 0.494 e. The quantitative estimate of drug-likeness (QED) is 0.459. The summed E-state index contributed by atoms with van der Waals surface area (Å²) < 4.78 is 24.4. The Balaban J connectivity index is 1.73. The lowest BCUT2D eigenvalue weighted by atomic mass is 10.2. The normalized spacial score (nSPS) is 10.6. The molecule has 0 fully saturated rings. The summed E-state index contributed by atoms with van der Waals surface area (Å²) in [5, 5.41) is 5.65. The van der Waals surface area contributed by atoms with E-state index in [2.05, 4.69) is 10.6 Å². The highest BCUT2D eigenvalue weighted by atomic mass is 19.1. The van der Waals surface area contributed by atoms with Crippen LogP contribution in [0.25, 0.3) is 0 Å². The number of nitrogens with one attached hydrogen (secondary N) is 2. The zero-order valence-electron chi connectivity index (χ0n) is 19.4. The lowest BCUT2D eigenvalue weighted by molar-refractivity contribution is -0.117. The molecule has 0 aliphatic heterocycles. The van der Waals surface area contributed by atoms with Gasteiger partial charge in [0.15, 0.2) is 0 Å². The van der Waals surface area contributed by atoms with Crippen LogP contribution in [0.1, 0.15) is 22.8 Å². The zero-order chi connectivity index (χ0) is 24.5. The molecule has 0 saturated carbocycles. The first kappa shape index (κ1) is 24.7. The summed E-state index contributed by atoms with van der Waals surface area (Å²) in [5.74, 6) is -0.138. The number of carbonyl (C=O) groups excluding carboxylic acids is 2. The molecule has 8 heteroatoms. The predicted molar refractivity (Wildman–Crippen MR) is 130 cm³/mol. The summed E-state index contributed by atoms with van der Waals surface area (Å²) in [6.07, 6.45) is 0. The number of anilines is 2. The van der Waals surface area contributed by atoms with Crippen molar-refractivity contribution in [3.8, 4) is 11.5 Å². The Bertz CT molecular complexity index is 1140. The van der Waals surface area contributed by atoms with E-state index in [9.17, 15) is 14.0 Å². The first-order chi connectivity index (χ1) is 16.4. The summed E-state index contributed by atoms with van der Waals surface area (Å²) in [6.45, 7) is 3.08. The zero-order valence-corrected chi connectivity index (χ0v) is 19.4. The average Bonchev–Trinajstić information content (AvgIpc) is 2.84. The number of methoxy groups -OCH3 is 2. The van der Waals surface area contributed by atoms with Crippen LogP contribution >= 0.6 is 0 Å². The van der Waals surface area contributed by atoms with Gasteiger partial charge in [-0.2, -0.15) is 0 Å². The lowest BCUT2D eigenvalue weighted by Crippen LogP contribution is -2.32. The molecule has 3 aromatic rings. The molecule has 34 heavy (non-hydrogen) atoms. The van der Waals surface area contributed by atoms with Crippen LogP contribution in [0.15, 0.2) is 66.7 Å². The predicted octanol–water partition coefficient (Wildman–Crippen LogP) is 4.56. The van der Waals surface area contributed by atoms with Crippen LogP contribution < -0.4 is 20.1 Å². The second-order valence-electron chi connectivity index (χ2n) is 7.55. The number of hydrogen-bond donors (Lipinski definition) is 2. The Morgan fingerprint density at radius 2 is 1.53 bits per heavy atom. The van der Waals surface area contributed by atoms with Gasteiger partial charge >= 0.3 is 0 Å². The molecule has 0 aliphatic rings. The molecule has 2 N–H and O–H groups in total. The molecule has 0 heterocycles. The molecule has 3 rings (SSSR count). The number of hydrogen-bond acceptors (Lipinski definition) is 5. The van der Waals surface area contributed by atoms with Gasteiger partial charge in [-0.05, 0) is 36.4 Å². The molecule has 0 radical (unpaired) electrons. The van der Waals surface area contributed by atoms with E-state index in [0.717, 1.165) is 5.56 Å². The third kappa shape index (κ3) is 6.55. The van der Waals surface area contributed by atoms with Crippen LogP contribution in [0.5, 0.6) is 11.5 Å². The highest BCUT2D eigenvalue weighted by molar-refractivity contribution is 6.05. The van der Waals surface area contributed by atoms with E-state index >= 15 is 0 Å². The SMILES string of the molecule is CCN(CC(=O)Nc1cc(OC)c(NC(=O)c2ccccc2)cc1OC)Cc1cccc(F)c1. The first-order valence-corrected chi connectivity index (χ1v) is 10.8. The van der Waals surface area contributed by atoms with Crippen LogP contribution in [0.2, 0.25) is 0 Å². The monoisotopic (exact) mass is 465 g/mol. The lowest BCUT2D eigenvalue weighted by Gasteiger charge is -2.21. The Morgan fingerprint density at radius 1 is 0.882 bits per heavy atom. The third-order valence-corrected chi connectivity index (χ3v) is 5.19. The Morgan fingerprint density at radius 3 is 2.12 bits per heavy atom. The molecular weight excluding hydrogens is 437 g/mol. The van der Waals surface area contributed by atoms with Crippen molar-refractivity contribution in [2.24, 2.45) is 0 Å². The van der Waals surface area contributed by atoms with Gasteiger partial charge in [-0.1, -0.05) is 37.3 Å². The van der Waals surface area contributed by atoms with Crippen molar-refractivity contribution in [1.82, 2.24) is 4.90 Å². The Kier molecular flexibility index (Phi) is 8.59. The molecule has 7 nitrogen and oxygen atoms in total. The Hall–Kier alpha value is -3.91. The van der Waals surface area contributed by atoms with E-state index in [1.54, 1.807) is 42.5 Å². The van der Waals surface area contributed by atoms with E-state index < -0.39 is 0 Å². The van der Waals surface area contributed by atoms with Gasteiger partial charge in [0.05, 0.1) is 32.1 Å². The fourth-order valence-electron chi connectivity index (χ4n) is 3.44. The molecule has 0 aliphatic carbocycles. The smallest absolute Gasteiger partial charge is 0.255 e. The molecule has 0 aromatic heterocycles. The van der Waals surface area contributed by atoms with E-state index in [1.165, 1.54) is 26.4 Å². The highest BCUT2D eigenvalue weighted by Gasteiger charge is 2.17. The fraction of sp³-hybridized carbons (Fsp3) is 0.231. The molecule has 0 unspecified atom stereocenters. The summed E-state index contributed by atoms with van der Waals surface area (Å²) in [4.78, 5) is 27.2. The van der Waals surface area contributed by atoms with Crippen LogP contribution in [-0.2, 0) is 11.3 Å². The fourth-order valence-corrected chi connectivity index (χ4v) is 3.44. The molecule has 0 atom stereocenters. The van der Waals surface area contributed by atoms with E-state index in [4.69, 9.17) is 9.47 Å². The number of halogens is 1. The summed E-state index contributed by atoms with van der Waals surface area (Å²) in [7, 11) is 2.95. The Labute approximate surface area is 198 Å². The number of likely N-dealkylation sites (N-methyl/N-ethyl adjacent to an activating group) is 1. The number of rotatable bonds is 10. The second kappa shape index (κ2) is 11.8. The van der Waals surface area contributed by atoms with Crippen molar-refractivity contribution in [2.75, 3.05) is 37.9 Å². The minimum atomic E-state index is -0.311. The van der Waals surface area contributed by atoms with Crippen molar-refractivity contribution in [1.29, 1.82) is 0 Å². The van der Waals surface area contributed by atoms with Gasteiger partial charge in [0, 0.05) is 24.2 Å². The summed E-state index contributed by atoms with van der Waals surface area (Å²) in [5.41, 5.74) is 2.10. The number of amides is 2. The minimum absolute atomic E-state index is 0.102.